The molecule has 2 fully saturated rings. The summed E-state index contributed by atoms with van der Waals surface area (Å²) in [7, 11) is 0. The first kappa shape index (κ1) is 24.2. The summed E-state index contributed by atoms with van der Waals surface area (Å²) in [6.07, 6.45) is 6.86. The Morgan fingerprint density at radius 3 is 2.50 bits per heavy atom. The van der Waals surface area contributed by atoms with E-state index in [0.717, 1.165) is 44.1 Å². The minimum absolute atomic E-state index is 0.0134. The molecule has 8 nitrogen and oxygen atoms in total. The summed E-state index contributed by atoms with van der Waals surface area (Å²) in [5.41, 5.74) is 3.70. The van der Waals surface area contributed by atoms with E-state index in [1.165, 1.54) is 12.1 Å². The van der Waals surface area contributed by atoms with E-state index in [0.29, 0.717) is 46.1 Å². The molecule has 0 atom stereocenters. The van der Waals surface area contributed by atoms with Crippen LogP contribution in [-0.2, 0) is 4.79 Å². The van der Waals surface area contributed by atoms with Crippen molar-refractivity contribution < 1.29 is 23.8 Å². The number of halogens is 1. The van der Waals surface area contributed by atoms with Crippen molar-refractivity contribution in [3.05, 3.63) is 47.5 Å². The van der Waals surface area contributed by atoms with Crippen molar-refractivity contribution in [1.82, 2.24) is 20.6 Å². The Balaban J connectivity index is 1.37. The van der Waals surface area contributed by atoms with Gasteiger partial charge in [-0.05, 0) is 75.6 Å². The second-order valence-corrected chi connectivity index (χ2v) is 9.85. The van der Waals surface area contributed by atoms with Crippen LogP contribution in [0.5, 0.6) is 5.75 Å². The number of hydrogen-bond donors (Lipinski definition) is 4. The minimum atomic E-state index is -0.519. The zero-order valence-corrected chi connectivity index (χ0v) is 20.3. The fraction of sp³-hybridized carbons (Fsp3) is 0.444. The van der Waals surface area contributed by atoms with Crippen molar-refractivity contribution in [2.75, 3.05) is 13.2 Å². The average Bonchev–Trinajstić information content (AvgIpc) is 3.63. The van der Waals surface area contributed by atoms with Gasteiger partial charge in [0.2, 0.25) is 5.91 Å². The highest BCUT2D eigenvalue weighted by molar-refractivity contribution is 6.09. The maximum Gasteiger partial charge on any atom is 0.255 e. The predicted molar refractivity (Wildman–Crippen MR) is 133 cm³/mol. The number of benzene rings is 1. The zero-order valence-electron chi connectivity index (χ0n) is 20.3. The van der Waals surface area contributed by atoms with Gasteiger partial charge in [-0.1, -0.05) is 0 Å². The fourth-order valence-electron chi connectivity index (χ4n) is 4.95. The number of nitrogens with one attached hydrogen (secondary N) is 3. The van der Waals surface area contributed by atoms with E-state index in [1.54, 1.807) is 18.3 Å². The van der Waals surface area contributed by atoms with Crippen molar-refractivity contribution in [3.63, 3.8) is 0 Å². The number of rotatable bonds is 8. The molecule has 0 spiro atoms. The third kappa shape index (κ3) is 5.21. The Bertz CT molecular complexity index is 1280. The lowest BCUT2D eigenvalue weighted by molar-refractivity contribution is -0.124. The largest absolute Gasteiger partial charge is 0.493 e. The Morgan fingerprint density at radius 2 is 1.81 bits per heavy atom. The second kappa shape index (κ2) is 10.3. The maximum atomic E-state index is 14.3. The average molecular weight is 495 g/mol. The van der Waals surface area contributed by atoms with Crippen molar-refractivity contribution >= 4 is 22.8 Å². The fourth-order valence-corrected chi connectivity index (χ4v) is 4.95. The van der Waals surface area contributed by atoms with Crippen molar-refractivity contribution in [2.45, 2.75) is 57.5 Å². The van der Waals surface area contributed by atoms with Crippen LogP contribution in [0.15, 0.2) is 30.5 Å². The second-order valence-electron chi connectivity index (χ2n) is 9.85. The summed E-state index contributed by atoms with van der Waals surface area (Å²) in [5.74, 6) is 0.220. The Hall–Kier alpha value is -3.46. The normalized spacial score (nSPS) is 19.8. The highest BCUT2D eigenvalue weighted by atomic mass is 19.1. The monoisotopic (exact) mass is 494 g/mol. The number of aromatic nitrogens is 2. The number of H-pyrrole nitrogens is 1. The van der Waals surface area contributed by atoms with Crippen LogP contribution in [0.1, 0.15) is 54.6 Å². The van der Waals surface area contributed by atoms with E-state index in [4.69, 9.17) is 9.84 Å². The molecule has 0 unspecified atom stereocenters. The molecule has 36 heavy (non-hydrogen) atoms. The van der Waals surface area contributed by atoms with Crippen LogP contribution in [0, 0.1) is 18.7 Å². The molecule has 2 aliphatic carbocycles. The number of nitrogens with zero attached hydrogens (tertiary/aromatic N) is 1. The number of fused-ring (bicyclic) bond motifs is 1. The molecular weight excluding hydrogens is 463 g/mol. The molecule has 2 aromatic heterocycles. The van der Waals surface area contributed by atoms with E-state index in [1.807, 2.05) is 6.92 Å². The number of ether oxygens (including phenoxy) is 1. The van der Waals surface area contributed by atoms with E-state index in [2.05, 4.69) is 20.6 Å². The number of aryl methyl sites for hydroxylation is 1. The summed E-state index contributed by atoms with van der Waals surface area (Å²) in [6.45, 7) is 1.92. The molecule has 190 valence electrons. The van der Waals surface area contributed by atoms with Gasteiger partial charge in [-0.3, -0.25) is 14.6 Å². The maximum absolute atomic E-state index is 14.3. The van der Waals surface area contributed by atoms with E-state index in [-0.39, 0.29) is 29.7 Å². The number of carbonyl (C=O) groups is 2. The van der Waals surface area contributed by atoms with Gasteiger partial charge in [0.1, 0.15) is 23.7 Å². The molecule has 2 heterocycles. The third-order valence-electron chi connectivity index (χ3n) is 7.08. The zero-order chi connectivity index (χ0) is 25.2. The molecule has 2 aliphatic rings. The molecule has 9 heteroatoms. The minimum Gasteiger partial charge on any atom is -0.493 e. The Morgan fingerprint density at radius 1 is 1.08 bits per heavy atom. The van der Waals surface area contributed by atoms with Crippen LogP contribution in [0.25, 0.3) is 22.2 Å². The number of aliphatic hydroxyl groups is 1. The first-order valence-corrected chi connectivity index (χ1v) is 12.5. The molecule has 2 amide bonds. The Labute approximate surface area is 208 Å². The lowest BCUT2D eigenvalue weighted by Crippen LogP contribution is -2.44. The van der Waals surface area contributed by atoms with Gasteiger partial charge in [-0.25, -0.2) is 4.39 Å². The van der Waals surface area contributed by atoms with Gasteiger partial charge in [0.05, 0.1) is 17.7 Å². The number of hydrogen-bond acceptors (Lipinski definition) is 5. The van der Waals surface area contributed by atoms with Crippen molar-refractivity contribution in [2.24, 2.45) is 5.92 Å². The molecule has 1 aromatic carbocycles. The molecule has 2 saturated carbocycles. The van der Waals surface area contributed by atoms with Crippen LogP contribution in [0.2, 0.25) is 0 Å². The lowest BCUT2D eigenvalue weighted by atomic mass is 9.91. The van der Waals surface area contributed by atoms with Gasteiger partial charge >= 0.3 is 0 Å². The van der Waals surface area contributed by atoms with Crippen LogP contribution < -0.4 is 15.4 Å². The molecule has 0 bridgehead atoms. The molecule has 3 aromatic rings. The number of amides is 2. The summed E-state index contributed by atoms with van der Waals surface area (Å²) >= 11 is 0. The van der Waals surface area contributed by atoms with Crippen LogP contribution >= 0.6 is 0 Å². The summed E-state index contributed by atoms with van der Waals surface area (Å²) in [4.78, 5) is 32.5. The number of aromatic amines is 1. The summed E-state index contributed by atoms with van der Waals surface area (Å²) < 4.78 is 20.3. The molecular formula is C27H31FN4O4. The number of aliphatic hydroxyl groups excluding tert-OH is 1. The van der Waals surface area contributed by atoms with Crippen molar-refractivity contribution in [3.8, 4) is 16.9 Å². The molecule has 5 rings (SSSR count). The van der Waals surface area contributed by atoms with Gasteiger partial charge in [0, 0.05) is 35.1 Å². The van der Waals surface area contributed by atoms with Gasteiger partial charge < -0.3 is 25.5 Å². The highest BCUT2D eigenvalue weighted by Crippen LogP contribution is 2.38. The highest BCUT2D eigenvalue weighted by Gasteiger charge is 2.27. The SMILES string of the molecule is Cc1[nH]c2c(-c3cc(F)ccc3OCC3CC3)ccnc2c1C(=O)N[C@H]1CC[C@@H](NC(=O)CO)CC1. The number of carbonyl (C=O) groups excluding carboxylic acids is 2. The van der Waals surface area contributed by atoms with Gasteiger partial charge in [-0.2, -0.15) is 0 Å². The Kier molecular flexibility index (Phi) is 6.91. The standard InChI is InChI=1S/C27H31FN4O4/c1-15-24(27(35)32-19-7-5-18(6-8-19)31-23(34)13-33)26-25(30-15)20(10-11-29-26)21-12-17(28)4-9-22(21)36-14-16-2-3-16/h4,9-12,16,18-19,30,33H,2-3,5-8,13-14H2,1H3,(H,31,34)(H,32,35)/t18-,19+. The number of pyridine rings is 1. The van der Waals surface area contributed by atoms with E-state index >= 15 is 0 Å². The van der Waals surface area contributed by atoms with Crippen LogP contribution in [0.4, 0.5) is 4.39 Å². The quantitative estimate of drug-likeness (QED) is 0.382. The summed E-state index contributed by atoms with van der Waals surface area (Å²) in [6, 6.07) is 6.31. The first-order chi connectivity index (χ1) is 17.4. The van der Waals surface area contributed by atoms with Crippen molar-refractivity contribution in [1.29, 1.82) is 0 Å². The topological polar surface area (TPSA) is 116 Å². The van der Waals surface area contributed by atoms with Gasteiger partial charge in [0.25, 0.3) is 5.91 Å². The van der Waals surface area contributed by atoms with Crippen LogP contribution in [0.3, 0.4) is 0 Å². The third-order valence-corrected chi connectivity index (χ3v) is 7.08. The van der Waals surface area contributed by atoms with Gasteiger partial charge in [0.15, 0.2) is 0 Å². The molecule has 0 saturated heterocycles. The first-order valence-electron chi connectivity index (χ1n) is 12.5. The van der Waals surface area contributed by atoms with E-state index in [9.17, 15) is 14.0 Å². The smallest absolute Gasteiger partial charge is 0.255 e. The molecule has 0 radical (unpaired) electrons. The molecule has 0 aliphatic heterocycles. The molecule has 4 N–H and O–H groups in total. The van der Waals surface area contributed by atoms with E-state index < -0.39 is 6.61 Å². The van der Waals surface area contributed by atoms with Gasteiger partial charge in [-0.15, -0.1) is 0 Å². The summed E-state index contributed by atoms with van der Waals surface area (Å²) in [5, 5.41) is 14.8. The van der Waals surface area contributed by atoms with Crippen LogP contribution in [-0.4, -0.2) is 52.2 Å². The predicted octanol–water partition coefficient (Wildman–Crippen LogP) is 3.62. The lowest BCUT2D eigenvalue weighted by Gasteiger charge is -2.29.